The van der Waals surface area contributed by atoms with Gasteiger partial charge in [0.1, 0.15) is 66.7 Å². The van der Waals surface area contributed by atoms with Crippen LogP contribution in [0.4, 0.5) is 0 Å². The molecule has 1 saturated heterocycles. The number of rotatable bonds is 28. The van der Waals surface area contributed by atoms with Crippen LogP contribution in [-0.2, 0) is 34.1 Å². The van der Waals surface area contributed by atoms with Gasteiger partial charge in [0.15, 0.2) is 5.85 Å². The van der Waals surface area contributed by atoms with Crippen molar-refractivity contribution >= 4 is 158 Å². The topological polar surface area (TPSA) is 134 Å². The number of benzene rings is 14. The molecule has 17 heteroatoms. The molecule has 14 aromatic carbocycles. The van der Waals surface area contributed by atoms with Crippen molar-refractivity contribution in [1.29, 1.82) is 0 Å². The normalized spacial score (nSPS) is 13.5. The Morgan fingerprint density at radius 3 is 0.602 bits per heavy atom. The van der Waals surface area contributed by atoms with Crippen LogP contribution in [0.15, 0.2) is 445 Å². The summed E-state index contributed by atoms with van der Waals surface area (Å²) in [6, 6.07) is 150. The molecule has 128 heavy (non-hydrogen) atoms. The molecule has 6 atom stereocenters. The molecule has 15 rings (SSSR count). The average molecular weight is 2010 g/mol. The van der Waals surface area contributed by atoms with Gasteiger partial charge in [-0.25, -0.2) is 12.4 Å². The number of hydrogen-bond acceptors (Lipinski definition) is 6. The van der Waals surface area contributed by atoms with Crippen LogP contribution in [0.25, 0.3) is 10.8 Å². The van der Waals surface area contributed by atoms with Gasteiger partial charge in [-0.15, -0.1) is 0 Å². The van der Waals surface area contributed by atoms with Crippen LogP contribution in [0.5, 0.6) is 0 Å². The maximum atomic E-state index is 10.8. The first-order chi connectivity index (χ1) is 59.3. The van der Waals surface area contributed by atoms with Gasteiger partial charge in [0, 0.05) is 59.5 Å². The second-order valence-electron chi connectivity index (χ2n) is 28.4. The first-order valence-corrected chi connectivity index (χ1v) is 53.3. The van der Waals surface area contributed by atoms with E-state index in [1.807, 2.05) is 36.4 Å². The molecule has 0 aromatic heterocycles. The van der Waals surface area contributed by atoms with Crippen molar-refractivity contribution in [2.24, 2.45) is 20.0 Å². The Kier molecular flexibility index (Phi) is 59.9. The smallest absolute Gasteiger partial charge is 0.814 e. The van der Waals surface area contributed by atoms with Gasteiger partial charge in [0.25, 0.3) is 0 Å². The van der Waals surface area contributed by atoms with Crippen LogP contribution in [0.3, 0.4) is 0 Å². The quantitative estimate of drug-likeness (QED) is 0.0219. The van der Waals surface area contributed by atoms with Crippen LogP contribution >= 0.6 is 67.2 Å². The monoisotopic (exact) mass is 2000 g/mol. The number of hydrogen-bond donors (Lipinski definition) is 2. The zero-order chi connectivity index (χ0) is 83.9. The van der Waals surface area contributed by atoms with Crippen molar-refractivity contribution in [2.75, 3.05) is 30.8 Å². The molecule has 0 amide bonds. The zero-order valence-corrected chi connectivity index (χ0v) is 81.1. The van der Waals surface area contributed by atoms with Crippen molar-refractivity contribution in [1.82, 2.24) is 0 Å². The van der Waals surface area contributed by atoms with Gasteiger partial charge in [-0.1, -0.05) is 347 Å². The largest absolute Gasteiger partial charge is 2.00 e. The fourth-order valence-corrected chi connectivity index (χ4v) is 28.6. The van der Waals surface area contributed by atoms with Gasteiger partial charge in [0.05, 0.1) is 86.4 Å². The van der Waals surface area contributed by atoms with E-state index in [9.17, 15) is 10.2 Å². The Hall–Kier alpha value is -8.83. The van der Waals surface area contributed by atoms with Gasteiger partial charge in [-0.2, -0.15) is 0 Å². The molecule has 1 aliphatic rings. The van der Waals surface area contributed by atoms with Crippen LogP contribution in [0, 0.1) is 14.9 Å². The Balaban J connectivity index is 0.000000640. The predicted octanol–water partition coefficient (Wildman–Crippen LogP) is 25.2. The summed E-state index contributed by atoms with van der Waals surface area (Å²) in [6.07, 6.45) is 16.1. The van der Waals surface area contributed by atoms with Gasteiger partial charge in [-0.3, -0.25) is 20.0 Å². The SMILES string of the molecule is BrBr.C.C.C.C.C(C[PH+](c1ccccc1)c1ccccc1)=N[C@@H](c1ccccc1)[C@@H](N=CC[PH+](c1ccccc1)c1ccccc1)c1ccccc1.C(C[PH+](c1ccccc1)c1ccccc1)=N[C@H](c1ccccc1)[C@H](N=CC[PH+](c1ccccc1)c1ccccc1)c1ccccc1.CC=[N-].CC=[N-].OC1CCC(O)[P+](c2ccccc2)(c2ccccc2)C1.[CH3-].[CH3-].[Fe+2].[Fe+2]. The summed E-state index contributed by atoms with van der Waals surface area (Å²) in [5.41, 5.74) is 4.70. The molecule has 0 saturated carbocycles. The summed E-state index contributed by atoms with van der Waals surface area (Å²) in [7, 11) is -6.09. The minimum absolute atomic E-state index is 0. The van der Waals surface area contributed by atoms with E-state index in [2.05, 4.69) is 441 Å². The third-order valence-electron chi connectivity index (χ3n) is 20.6. The first kappa shape index (κ1) is 115. The maximum Gasteiger partial charge on any atom is 2.00 e. The molecule has 1 heterocycles. The average Bonchev–Trinajstić information content (AvgIpc) is 0.749. The molecule has 0 bridgehead atoms. The third kappa shape index (κ3) is 35.5. The number of halogens is 2. The van der Waals surface area contributed by atoms with Crippen molar-refractivity contribution in [3.8, 4) is 0 Å². The minimum Gasteiger partial charge on any atom is -0.814 e. The van der Waals surface area contributed by atoms with Crippen molar-refractivity contribution in [2.45, 2.75) is 92.5 Å². The Morgan fingerprint density at radius 1 is 0.289 bits per heavy atom. The summed E-state index contributed by atoms with van der Waals surface area (Å²) in [5, 5.41) is 49.4. The van der Waals surface area contributed by atoms with Gasteiger partial charge >= 0.3 is 34.1 Å². The van der Waals surface area contributed by atoms with E-state index >= 15 is 0 Å². The summed E-state index contributed by atoms with van der Waals surface area (Å²) in [5.74, 6) is -0.351. The molecule has 14 aromatic rings. The van der Waals surface area contributed by atoms with E-state index in [-0.39, 0.29) is 115 Å². The van der Waals surface area contributed by atoms with Crippen LogP contribution < -0.4 is 53.0 Å². The second-order valence-corrected chi connectivity index (χ2v) is 42.2. The maximum absolute atomic E-state index is 10.8. The summed E-state index contributed by atoms with van der Waals surface area (Å²) < 4.78 is 0. The summed E-state index contributed by atoms with van der Waals surface area (Å²) >= 11 is 5.50. The minimum atomic E-state index is -1.94. The fourth-order valence-electron chi connectivity index (χ4n) is 15.0. The van der Waals surface area contributed by atoms with Crippen molar-refractivity contribution in [3.63, 3.8) is 0 Å². The molecular formula is C111H130Br2Fe2N6O2P5+5. The second kappa shape index (κ2) is 66.5. The number of nitrogens with zero attached hydrogens (tertiary/aromatic N) is 6. The summed E-state index contributed by atoms with van der Waals surface area (Å²) in [6.45, 7) is 3.11. The molecule has 1 aliphatic heterocycles. The van der Waals surface area contributed by atoms with Gasteiger partial charge in [-0.05, 0) is 150 Å². The van der Waals surface area contributed by atoms with Crippen molar-refractivity contribution < 1.29 is 44.4 Å². The zero-order valence-electron chi connectivity index (χ0n) is 70.8. The van der Waals surface area contributed by atoms with Crippen LogP contribution in [-0.4, -0.2) is 90.3 Å². The van der Waals surface area contributed by atoms with Crippen LogP contribution in [0.2, 0.25) is 0 Å². The van der Waals surface area contributed by atoms with Gasteiger partial charge < -0.3 is 35.9 Å². The third-order valence-corrected chi connectivity index (χ3v) is 35.9. The Labute approximate surface area is 810 Å². The fraction of sp³-hybridized carbons (Fsp3) is 0.171. The molecule has 1 fully saturated rings. The van der Waals surface area contributed by atoms with E-state index in [1.165, 1.54) is 75.3 Å². The number of aliphatic imine (C=N–C) groups is 4. The predicted molar refractivity (Wildman–Crippen MR) is 585 cm³/mol. The van der Waals surface area contributed by atoms with E-state index < -0.39 is 38.9 Å². The Morgan fingerprint density at radius 2 is 0.438 bits per heavy atom. The first-order valence-electron chi connectivity index (χ1n) is 40.8. The van der Waals surface area contributed by atoms with E-state index in [4.69, 9.17) is 30.8 Å². The van der Waals surface area contributed by atoms with Gasteiger partial charge in [0.2, 0.25) is 0 Å². The number of aliphatic hydroxyl groups is 2. The van der Waals surface area contributed by atoms with Crippen molar-refractivity contribution in [3.05, 3.63) is 473 Å². The van der Waals surface area contributed by atoms with E-state index in [0.29, 0.717) is 19.0 Å². The molecule has 0 spiro atoms. The molecule has 666 valence electrons. The molecular weight excluding hydrogens is 1880 g/mol. The Bertz CT molecular complexity index is 4490. The standard InChI is InChI=1S/2C42H38N2P2.C17H20O2P.2C2H4N.4CH4.2CH3.Br2.2Fe/c2*1-7-19-35(20-8-1)41(43-31-33-45(37-23-11-3-12-24-37)38-25-13-4-14-26-38)42(36-21-9-2-10-22-36)44-32-34-46(39-27-15-5-16-28-39)40-29-17-6-18-30-40;18-14-11-12-17(19)20(13-14,15-7-3-1-4-8-15)16-9-5-2-6-10-16;2*1-2-3;;;;;;;1-2;;/h2*1-32,41-42H,33-34H2;1-10,14,17-19H,11-13H2;2*2H,1H3;4*1H4;2*1H3;;;/q;;+1;2*-1;;;;;2*-1;;2*+2/p+4/t2*41-,42-;;;;;;;;;;;;/m10............/s1. The molecule has 0 radical (unpaired) electrons. The van der Waals surface area contributed by atoms with Crippen LogP contribution in [0.1, 0.15) is 103 Å². The summed E-state index contributed by atoms with van der Waals surface area (Å²) in [4.78, 5) is 21.5. The molecule has 8 nitrogen and oxygen atoms in total. The van der Waals surface area contributed by atoms with E-state index in [1.54, 1.807) is 13.8 Å². The number of aliphatic hydroxyl groups excluding tert-OH is 2. The molecule has 2 N–H and O–H groups in total. The molecule has 0 aliphatic carbocycles. The van der Waals surface area contributed by atoms with E-state index in [0.717, 1.165) is 37.1 Å². The molecule has 2 unspecified atom stereocenters.